The lowest BCUT2D eigenvalue weighted by Crippen LogP contribution is -2.19. The van der Waals surface area contributed by atoms with E-state index in [1.165, 1.54) is 11.3 Å². The van der Waals surface area contributed by atoms with Crippen molar-refractivity contribution in [2.24, 2.45) is 0 Å². The molecule has 2 rings (SSSR count). The van der Waals surface area contributed by atoms with Gasteiger partial charge in [0.2, 0.25) is 5.03 Å². The Morgan fingerprint density at radius 2 is 2.00 bits per heavy atom. The van der Waals surface area contributed by atoms with Crippen LogP contribution in [0.5, 0.6) is 0 Å². The van der Waals surface area contributed by atoms with E-state index >= 15 is 0 Å². The van der Waals surface area contributed by atoms with Crippen molar-refractivity contribution in [2.45, 2.75) is 39.3 Å². The fourth-order valence-corrected chi connectivity index (χ4v) is 4.04. The minimum Gasteiger partial charge on any atom is -0.313 e. The van der Waals surface area contributed by atoms with E-state index in [0.717, 1.165) is 22.8 Å². The highest BCUT2D eigenvalue weighted by Crippen LogP contribution is 2.25. The monoisotopic (exact) mass is 329 g/mol. The molecule has 0 aliphatic heterocycles. The molecule has 0 unspecified atom stereocenters. The summed E-state index contributed by atoms with van der Waals surface area (Å²) in [6, 6.07) is 0. The number of H-pyrrole nitrogens is 1. The van der Waals surface area contributed by atoms with Gasteiger partial charge in [-0.3, -0.25) is 9.82 Å². The third-order valence-corrected chi connectivity index (χ3v) is 5.52. The van der Waals surface area contributed by atoms with Crippen molar-refractivity contribution in [3.63, 3.8) is 0 Å². The quantitative estimate of drug-likeness (QED) is 0.749. The van der Waals surface area contributed by atoms with Crippen molar-refractivity contribution < 1.29 is 8.42 Å². The number of anilines is 1. The summed E-state index contributed by atoms with van der Waals surface area (Å²) >= 11 is 1.31. The van der Waals surface area contributed by atoms with E-state index in [0.29, 0.717) is 17.2 Å². The van der Waals surface area contributed by atoms with Crippen LogP contribution in [0.2, 0.25) is 0 Å². The Balaban J connectivity index is 2.31. The number of rotatable bonds is 6. The van der Waals surface area contributed by atoms with Crippen LogP contribution >= 0.6 is 11.3 Å². The molecular formula is C12H19N5O2S2. The van der Waals surface area contributed by atoms with Crippen molar-refractivity contribution >= 4 is 26.5 Å². The fourth-order valence-electron chi connectivity index (χ4n) is 1.79. The summed E-state index contributed by atoms with van der Waals surface area (Å²) in [6.45, 7) is 8.71. The number of aromatic amines is 1. The minimum atomic E-state index is -3.74. The van der Waals surface area contributed by atoms with Crippen LogP contribution < -0.4 is 10.0 Å². The van der Waals surface area contributed by atoms with E-state index in [9.17, 15) is 8.42 Å². The highest BCUT2D eigenvalue weighted by Gasteiger charge is 2.24. The Kier molecular flexibility index (Phi) is 4.64. The maximum atomic E-state index is 12.5. The van der Waals surface area contributed by atoms with Crippen molar-refractivity contribution in [1.82, 2.24) is 20.5 Å². The lowest BCUT2D eigenvalue weighted by atomic mass is 10.2. The van der Waals surface area contributed by atoms with Gasteiger partial charge in [0.05, 0.1) is 5.69 Å². The number of nitrogens with one attached hydrogen (secondary N) is 3. The number of hydrogen-bond acceptors (Lipinski definition) is 6. The maximum Gasteiger partial charge on any atom is 0.283 e. The first-order valence-corrected chi connectivity index (χ1v) is 8.86. The molecule has 2 heterocycles. The van der Waals surface area contributed by atoms with Crippen molar-refractivity contribution in [2.75, 3.05) is 11.3 Å². The van der Waals surface area contributed by atoms with Gasteiger partial charge in [0.15, 0.2) is 5.13 Å². The number of thiazole rings is 1. The molecule has 116 valence electrons. The lowest BCUT2D eigenvalue weighted by Gasteiger charge is -2.06. The molecule has 2 aromatic rings. The maximum absolute atomic E-state index is 12.5. The van der Waals surface area contributed by atoms with E-state index in [4.69, 9.17) is 0 Å². The summed E-state index contributed by atoms with van der Waals surface area (Å²) in [5.74, 6) is 0. The average molecular weight is 329 g/mol. The molecule has 0 aromatic carbocycles. The molecule has 0 fully saturated rings. The van der Waals surface area contributed by atoms with Crippen molar-refractivity contribution in [3.8, 4) is 0 Å². The van der Waals surface area contributed by atoms with Gasteiger partial charge in [-0.2, -0.15) is 13.5 Å². The number of hydrogen-bond donors (Lipinski definition) is 3. The second kappa shape index (κ2) is 6.12. The van der Waals surface area contributed by atoms with Crippen molar-refractivity contribution in [1.29, 1.82) is 0 Å². The zero-order chi connectivity index (χ0) is 15.6. The van der Waals surface area contributed by atoms with E-state index in [1.54, 1.807) is 6.92 Å². The predicted molar refractivity (Wildman–Crippen MR) is 83.1 cm³/mol. The van der Waals surface area contributed by atoms with Crippen LogP contribution in [0.1, 0.15) is 28.8 Å². The third kappa shape index (κ3) is 3.42. The molecule has 0 saturated carbocycles. The summed E-state index contributed by atoms with van der Waals surface area (Å²) in [5, 5.41) is 10.2. The Morgan fingerprint density at radius 3 is 2.57 bits per heavy atom. The molecular weight excluding hydrogens is 310 g/mol. The third-order valence-electron chi connectivity index (χ3n) is 3.09. The van der Waals surface area contributed by atoms with Crippen LogP contribution in [0, 0.1) is 20.8 Å². The zero-order valence-corrected chi connectivity index (χ0v) is 14.1. The molecule has 0 amide bonds. The normalized spacial score (nSPS) is 11.8. The Bertz CT molecular complexity index is 713. The van der Waals surface area contributed by atoms with Crippen LogP contribution in [0.4, 0.5) is 5.13 Å². The van der Waals surface area contributed by atoms with Gasteiger partial charge in [-0.05, 0) is 27.3 Å². The molecule has 7 nitrogen and oxygen atoms in total. The van der Waals surface area contributed by atoms with Gasteiger partial charge in [-0.1, -0.05) is 6.92 Å². The molecule has 2 aromatic heterocycles. The summed E-state index contributed by atoms with van der Waals surface area (Å²) in [6.07, 6.45) is 0. The standard InChI is InChI=1S/C12H19N5O2S2/c1-5-13-6-10-8(3)15-16-11(10)21(18,19)17-12-14-7(2)9(4)20-12/h13H,5-6H2,1-4H3,(H,14,17)(H,15,16). The first kappa shape index (κ1) is 15.9. The molecule has 0 aliphatic rings. The van der Waals surface area contributed by atoms with Crippen molar-refractivity contribution in [3.05, 3.63) is 21.8 Å². The van der Waals surface area contributed by atoms with Gasteiger partial charge in [0, 0.05) is 22.7 Å². The summed E-state index contributed by atoms with van der Waals surface area (Å²) in [4.78, 5) is 5.18. The van der Waals surface area contributed by atoms with E-state index in [2.05, 4.69) is 25.2 Å². The van der Waals surface area contributed by atoms with E-state index < -0.39 is 10.0 Å². The largest absolute Gasteiger partial charge is 0.313 e. The smallest absolute Gasteiger partial charge is 0.283 e. The molecule has 0 spiro atoms. The van der Waals surface area contributed by atoms with Gasteiger partial charge < -0.3 is 5.32 Å². The average Bonchev–Trinajstić information content (AvgIpc) is 2.91. The van der Waals surface area contributed by atoms with Crippen LogP contribution in [0.15, 0.2) is 5.03 Å². The second-order valence-corrected chi connectivity index (χ2v) is 7.48. The number of aromatic nitrogens is 3. The number of sulfonamides is 1. The first-order valence-electron chi connectivity index (χ1n) is 6.56. The highest BCUT2D eigenvalue weighted by atomic mass is 32.2. The highest BCUT2D eigenvalue weighted by molar-refractivity contribution is 7.92. The summed E-state index contributed by atoms with van der Waals surface area (Å²) < 4.78 is 27.4. The summed E-state index contributed by atoms with van der Waals surface area (Å²) in [7, 11) is -3.74. The number of nitrogens with zero attached hydrogens (tertiary/aromatic N) is 2. The van der Waals surface area contributed by atoms with E-state index in [-0.39, 0.29) is 5.03 Å². The Labute approximate surface area is 128 Å². The first-order chi connectivity index (χ1) is 9.85. The van der Waals surface area contributed by atoms with Crippen LogP contribution in [0.25, 0.3) is 0 Å². The van der Waals surface area contributed by atoms with Gasteiger partial charge in [-0.25, -0.2) is 4.98 Å². The molecule has 0 aliphatic carbocycles. The van der Waals surface area contributed by atoms with Gasteiger partial charge in [-0.15, -0.1) is 11.3 Å². The minimum absolute atomic E-state index is 0.0199. The SMILES string of the molecule is CCNCc1c(S(=O)(=O)Nc2nc(C)c(C)s2)n[nH]c1C. The van der Waals surface area contributed by atoms with Crippen LogP contribution in [-0.2, 0) is 16.6 Å². The van der Waals surface area contributed by atoms with Gasteiger partial charge >= 0.3 is 0 Å². The lowest BCUT2D eigenvalue weighted by molar-refractivity contribution is 0.594. The predicted octanol–water partition coefficient (Wildman–Crippen LogP) is 1.70. The molecule has 0 radical (unpaired) electrons. The van der Waals surface area contributed by atoms with Crippen LogP contribution in [-0.4, -0.2) is 30.1 Å². The fraction of sp³-hybridized carbons (Fsp3) is 0.500. The summed E-state index contributed by atoms with van der Waals surface area (Å²) in [5.41, 5.74) is 2.21. The molecule has 21 heavy (non-hydrogen) atoms. The van der Waals surface area contributed by atoms with Gasteiger partial charge in [0.1, 0.15) is 0 Å². The topological polar surface area (TPSA) is 99.8 Å². The molecule has 0 bridgehead atoms. The Hall–Kier alpha value is -1.45. The molecule has 9 heteroatoms. The molecule has 0 saturated heterocycles. The molecule has 3 N–H and O–H groups in total. The van der Waals surface area contributed by atoms with Gasteiger partial charge in [0.25, 0.3) is 10.0 Å². The Morgan fingerprint density at radius 1 is 1.29 bits per heavy atom. The molecule has 0 atom stereocenters. The van der Waals surface area contributed by atoms with E-state index in [1.807, 2.05) is 20.8 Å². The van der Waals surface area contributed by atoms with Crippen LogP contribution in [0.3, 0.4) is 0 Å². The number of aryl methyl sites for hydroxylation is 3. The second-order valence-electron chi connectivity index (χ2n) is 4.68. The zero-order valence-electron chi connectivity index (χ0n) is 12.4.